The van der Waals surface area contributed by atoms with Gasteiger partial charge in [-0.25, -0.2) is 0 Å². The maximum Gasteiger partial charge on any atom is 0.265 e. The normalized spacial score (nSPS) is 11.3. The molecular formula is C19H20N2O2. The number of carbonyl (C=O) groups is 1. The highest BCUT2D eigenvalue weighted by molar-refractivity contribution is 5.94. The molecule has 2 rings (SSSR count). The fraction of sp³-hybridized carbons (Fsp3) is 0.263. The van der Waals surface area contributed by atoms with E-state index >= 15 is 0 Å². The molecule has 0 saturated carbocycles. The molecule has 4 heteroatoms. The molecule has 0 unspecified atom stereocenters. The van der Waals surface area contributed by atoms with Crippen LogP contribution < -0.4 is 10.1 Å². The second-order valence-electron chi connectivity index (χ2n) is 5.35. The van der Waals surface area contributed by atoms with Crippen LogP contribution in [0.4, 0.5) is 5.69 Å². The number of nitrogens with zero attached hydrogens (tertiary/aromatic N) is 1. The Bertz CT molecular complexity index is 702. The number of hydrogen-bond acceptors (Lipinski definition) is 3. The minimum absolute atomic E-state index is 0.179. The zero-order chi connectivity index (χ0) is 16.7. The van der Waals surface area contributed by atoms with Gasteiger partial charge in [-0.2, -0.15) is 5.26 Å². The maximum absolute atomic E-state index is 12.4. The minimum Gasteiger partial charge on any atom is -0.481 e. The number of nitrogens with one attached hydrogen (secondary N) is 1. The number of amides is 1. The second kappa shape index (κ2) is 8.00. The van der Waals surface area contributed by atoms with Crippen molar-refractivity contribution >= 4 is 11.6 Å². The lowest BCUT2D eigenvalue weighted by Gasteiger charge is -2.17. The average molecular weight is 308 g/mol. The number of hydrogen-bond donors (Lipinski definition) is 1. The molecule has 0 heterocycles. The molecule has 0 aliphatic rings. The van der Waals surface area contributed by atoms with Gasteiger partial charge in [-0.1, -0.05) is 31.2 Å². The Balaban J connectivity index is 2.01. The molecule has 1 atom stereocenters. The molecule has 0 saturated heterocycles. The Morgan fingerprint density at radius 1 is 1.26 bits per heavy atom. The van der Waals surface area contributed by atoms with E-state index < -0.39 is 6.10 Å². The summed E-state index contributed by atoms with van der Waals surface area (Å²) in [6.45, 7) is 3.90. The summed E-state index contributed by atoms with van der Waals surface area (Å²) in [6, 6.07) is 17.0. The van der Waals surface area contributed by atoms with Crippen molar-refractivity contribution in [1.29, 1.82) is 5.26 Å². The second-order valence-corrected chi connectivity index (χ2v) is 5.35. The van der Waals surface area contributed by atoms with Gasteiger partial charge >= 0.3 is 0 Å². The number of carbonyl (C=O) groups excluding carboxylic acids is 1. The third-order valence-electron chi connectivity index (χ3n) is 3.44. The van der Waals surface area contributed by atoms with Gasteiger partial charge in [0.1, 0.15) is 5.75 Å². The smallest absolute Gasteiger partial charge is 0.265 e. The average Bonchev–Trinajstić information content (AvgIpc) is 2.54. The summed E-state index contributed by atoms with van der Waals surface area (Å²) in [6.07, 6.45) is 0.393. The standard InChI is InChI=1S/C19H20N2O2/c1-3-18(23-17-6-4-5-14(2)13-17)19(22)21-16-9-7-15(8-10-16)11-12-20/h4-10,13,18H,3,11H2,1-2H3,(H,21,22)/t18-/m0/s1. The van der Waals surface area contributed by atoms with E-state index in [0.29, 0.717) is 24.3 Å². The molecule has 0 radical (unpaired) electrons. The zero-order valence-corrected chi connectivity index (χ0v) is 13.4. The van der Waals surface area contributed by atoms with Crippen LogP contribution in [0.3, 0.4) is 0 Å². The van der Waals surface area contributed by atoms with Crippen molar-refractivity contribution in [2.24, 2.45) is 0 Å². The first-order valence-corrected chi connectivity index (χ1v) is 7.62. The van der Waals surface area contributed by atoms with Crippen LogP contribution in [0.1, 0.15) is 24.5 Å². The summed E-state index contributed by atoms with van der Waals surface area (Å²) in [4.78, 5) is 12.4. The van der Waals surface area contributed by atoms with Gasteiger partial charge in [-0.05, 0) is 48.7 Å². The summed E-state index contributed by atoms with van der Waals surface area (Å²) >= 11 is 0. The molecule has 4 nitrogen and oxygen atoms in total. The lowest BCUT2D eigenvalue weighted by molar-refractivity contribution is -0.122. The molecular weight excluding hydrogens is 288 g/mol. The quantitative estimate of drug-likeness (QED) is 0.881. The van der Waals surface area contributed by atoms with Crippen molar-refractivity contribution in [2.45, 2.75) is 32.8 Å². The lowest BCUT2D eigenvalue weighted by atomic mass is 10.1. The number of rotatable bonds is 6. The molecule has 2 aromatic carbocycles. The first-order chi connectivity index (χ1) is 11.1. The van der Waals surface area contributed by atoms with E-state index in [2.05, 4.69) is 11.4 Å². The van der Waals surface area contributed by atoms with E-state index in [-0.39, 0.29) is 5.91 Å². The predicted molar refractivity (Wildman–Crippen MR) is 90.3 cm³/mol. The summed E-state index contributed by atoms with van der Waals surface area (Å²) in [5.41, 5.74) is 2.71. The SMILES string of the molecule is CC[C@H](Oc1cccc(C)c1)C(=O)Nc1ccc(CC#N)cc1. The van der Waals surface area contributed by atoms with Crippen LogP contribution in [-0.2, 0) is 11.2 Å². The Hall–Kier alpha value is -2.80. The highest BCUT2D eigenvalue weighted by Crippen LogP contribution is 2.17. The van der Waals surface area contributed by atoms with Crippen molar-refractivity contribution in [3.8, 4) is 11.8 Å². The summed E-state index contributed by atoms with van der Waals surface area (Å²) in [5.74, 6) is 0.512. The Labute approximate surface area is 136 Å². The van der Waals surface area contributed by atoms with E-state index in [1.54, 1.807) is 12.1 Å². The molecule has 1 amide bonds. The van der Waals surface area contributed by atoms with E-state index in [0.717, 1.165) is 11.1 Å². The summed E-state index contributed by atoms with van der Waals surface area (Å²) < 4.78 is 5.79. The highest BCUT2D eigenvalue weighted by atomic mass is 16.5. The van der Waals surface area contributed by atoms with E-state index in [9.17, 15) is 4.79 Å². The Kier molecular flexibility index (Phi) is 5.76. The van der Waals surface area contributed by atoms with Gasteiger partial charge < -0.3 is 10.1 Å². The van der Waals surface area contributed by atoms with Gasteiger partial charge in [0.2, 0.25) is 0 Å². The van der Waals surface area contributed by atoms with E-state index in [1.165, 1.54) is 0 Å². The van der Waals surface area contributed by atoms with Crippen molar-refractivity contribution in [3.05, 3.63) is 59.7 Å². The number of ether oxygens (including phenoxy) is 1. The predicted octanol–water partition coefficient (Wildman–Crippen LogP) is 3.86. The molecule has 0 bridgehead atoms. The number of nitriles is 1. The maximum atomic E-state index is 12.4. The Morgan fingerprint density at radius 3 is 2.61 bits per heavy atom. The van der Waals surface area contributed by atoms with Crippen molar-refractivity contribution in [2.75, 3.05) is 5.32 Å². The van der Waals surface area contributed by atoms with Gasteiger partial charge in [-0.3, -0.25) is 4.79 Å². The largest absolute Gasteiger partial charge is 0.481 e. The molecule has 2 aromatic rings. The van der Waals surface area contributed by atoms with Crippen molar-refractivity contribution in [3.63, 3.8) is 0 Å². The Morgan fingerprint density at radius 2 is 2.00 bits per heavy atom. The number of aryl methyl sites for hydroxylation is 1. The van der Waals surface area contributed by atoms with Gasteiger partial charge in [0.15, 0.2) is 6.10 Å². The molecule has 0 aromatic heterocycles. The van der Waals surface area contributed by atoms with Crippen LogP contribution in [0.5, 0.6) is 5.75 Å². The minimum atomic E-state index is -0.546. The van der Waals surface area contributed by atoms with Gasteiger partial charge in [0.05, 0.1) is 12.5 Å². The number of anilines is 1. The monoisotopic (exact) mass is 308 g/mol. The van der Waals surface area contributed by atoms with Crippen LogP contribution >= 0.6 is 0 Å². The van der Waals surface area contributed by atoms with Crippen LogP contribution in [0.15, 0.2) is 48.5 Å². The van der Waals surface area contributed by atoms with Crippen LogP contribution in [0.2, 0.25) is 0 Å². The fourth-order valence-corrected chi connectivity index (χ4v) is 2.20. The molecule has 0 aliphatic carbocycles. The van der Waals surface area contributed by atoms with Gasteiger partial charge in [0.25, 0.3) is 5.91 Å². The first-order valence-electron chi connectivity index (χ1n) is 7.62. The van der Waals surface area contributed by atoms with Crippen LogP contribution in [-0.4, -0.2) is 12.0 Å². The molecule has 1 N–H and O–H groups in total. The van der Waals surface area contributed by atoms with Crippen LogP contribution in [0.25, 0.3) is 0 Å². The van der Waals surface area contributed by atoms with Crippen molar-refractivity contribution < 1.29 is 9.53 Å². The molecule has 0 spiro atoms. The van der Waals surface area contributed by atoms with Gasteiger partial charge in [0, 0.05) is 5.69 Å². The van der Waals surface area contributed by atoms with Crippen LogP contribution in [0, 0.1) is 18.3 Å². The third kappa shape index (κ3) is 4.86. The molecule has 118 valence electrons. The third-order valence-corrected chi connectivity index (χ3v) is 3.44. The van der Waals surface area contributed by atoms with E-state index in [4.69, 9.17) is 10.00 Å². The highest BCUT2D eigenvalue weighted by Gasteiger charge is 2.18. The fourth-order valence-electron chi connectivity index (χ4n) is 2.20. The van der Waals surface area contributed by atoms with Crippen molar-refractivity contribution in [1.82, 2.24) is 0 Å². The molecule has 0 aliphatic heterocycles. The number of benzene rings is 2. The topological polar surface area (TPSA) is 62.1 Å². The summed E-state index contributed by atoms with van der Waals surface area (Å²) in [5, 5.41) is 11.5. The lowest BCUT2D eigenvalue weighted by Crippen LogP contribution is -2.32. The summed E-state index contributed by atoms with van der Waals surface area (Å²) in [7, 11) is 0. The molecule has 0 fully saturated rings. The first kappa shape index (κ1) is 16.6. The van der Waals surface area contributed by atoms with Gasteiger partial charge in [-0.15, -0.1) is 0 Å². The van der Waals surface area contributed by atoms with E-state index in [1.807, 2.05) is 50.2 Å². The zero-order valence-electron chi connectivity index (χ0n) is 13.4. The molecule has 23 heavy (non-hydrogen) atoms.